The van der Waals surface area contributed by atoms with E-state index in [1.54, 1.807) is 31.4 Å². The maximum Gasteiger partial charge on any atom is 0.262 e. The summed E-state index contributed by atoms with van der Waals surface area (Å²) in [5.74, 6) is 0.984. The Morgan fingerprint density at radius 2 is 1.86 bits per heavy atom. The number of benzene rings is 2. The molecule has 0 saturated heterocycles. The van der Waals surface area contributed by atoms with Crippen LogP contribution in [0.1, 0.15) is 18.5 Å². The maximum absolute atomic E-state index is 11.9. The second-order valence-electron chi connectivity index (χ2n) is 4.89. The Balaban J connectivity index is 1.90. The standard InChI is InChI=1S/C17H20N2O3/c1-12(18)13-7-9-14(10-8-13)22-11-17(20)19-15-5-3-4-6-16(15)21-2/h3-10,12H,11,18H2,1-2H3,(H,19,20). The van der Waals surface area contributed by atoms with E-state index in [0.717, 1.165) is 5.56 Å². The number of para-hydroxylation sites is 2. The van der Waals surface area contributed by atoms with Crippen molar-refractivity contribution in [2.24, 2.45) is 5.73 Å². The zero-order valence-electron chi connectivity index (χ0n) is 12.7. The van der Waals surface area contributed by atoms with Crippen molar-refractivity contribution in [3.63, 3.8) is 0 Å². The molecule has 3 N–H and O–H groups in total. The van der Waals surface area contributed by atoms with Gasteiger partial charge in [0.15, 0.2) is 6.61 Å². The molecule has 0 bridgehead atoms. The van der Waals surface area contributed by atoms with Crippen molar-refractivity contribution in [3.8, 4) is 11.5 Å². The van der Waals surface area contributed by atoms with Crippen LogP contribution in [0.25, 0.3) is 0 Å². The molecule has 0 aromatic heterocycles. The predicted molar refractivity (Wildman–Crippen MR) is 86.2 cm³/mol. The third-order valence-corrected chi connectivity index (χ3v) is 3.16. The SMILES string of the molecule is COc1ccccc1NC(=O)COc1ccc(C(C)N)cc1. The molecule has 5 heteroatoms. The molecule has 2 aromatic carbocycles. The third-order valence-electron chi connectivity index (χ3n) is 3.16. The van der Waals surface area contributed by atoms with Crippen LogP contribution in [0.15, 0.2) is 48.5 Å². The van der Waals surface area contributed by atoms with E-state index in [4.69, 9.17) is 15.2 Å². The van der Waals surface area contributed by atoms with Gasteiger partial charge in [-0.25, -0.2) is 0 Å². The van der Waals surface area contributed by atoms with Crippen molar-refractivity contribution in [2.75, 3.05) is 19.0 Å². The number of nitrogens with one attached hydrogen (secondary N) is 1. The van der Waals surface area contributed by atoms with E-state index in [2.05, 4.69) is 5.32 Å². The third kappa shape index (κ3) is 4.23. The fraction of sp³-hybridized carbons (Fsp3) is 0.235. The quantitative estimate of drug-likeness (QED) is 0.860. The van der Waals surface area contributed by atoms with Crippen LogP contribution in [0, 0.1) is 0 Å². The topological polar surface area (TPSA) is 73.6 Å². The Hall–Kier alpha value is -2.53. The summed E-state index contributed by atoms with van der Waals surface area (Å²) < 4.78 is 10.6. The minimum absolute atomic E-state index is 0.0251. The lowest BCUT2D eigenvalue weighted by atomic mass is 10.1. The highest BCUT2D eigenvalue weighted by atomic mass is 16.5. The molecule has 0 saturated carbocycles. The van der Waals surface area contributed by atoms with E-state index in [1.165, 1.54) is 0 Å². The highest BCUT2D eigenvalue weighted by Gasteiger charge is 2.08. The Morgan fingerprint density at radius 1 is 1.18 bits per heavy atom. The highest BCUT2D eigenvalue weighted by molar-refractivity contribution is 5.93. The van der Waals surface area contributed by atoms with E-state index >= 15 is 0 Å². The minimum atomic E-state index is -0.249. The van der Waals surface area contributed by atoms with Gasteiger partial charge in [0.25, 0.3) is 5.91 Å². The zero-order valence-corrected chi connectivity index (χ0v) is 12.7. The Bertz CT molecular complexity index is 624. The van der Waals surface area contributed by atoms with Crippen LogP contribution >= 0.6 is 0 Å². The molecule has 0 heterocycles. The highest BCUT2D eigenvalue weighted by Crippen LogP contribution is 2.23. The first-order valence-electron chi connectivity index (χ1n) is 7.01. The van der Waals surface area contributed by atoms with E-state index in [-0.39, 0.29) is 18.6 Å². The van der Waals surface area contributed by atoms with Gasteiger partial charge in [0.2, 0.25) is 0 Å². The van der Waals surface area contributed by atoms with Gasteiger partial charge in [-0.2, -0.15) is 0 Å². The van der Waals surface area contributed by atoms with Crippen LogP contribution in [-0.2, 0) is 4.79 Å². The number of hydrogen-bond acceptors (Lipinski definition) is 4. The molecular formula is C17H20N2O3. The predicted octanol–water partition coefficient (Wildman–Crippen LogP) is 2.73. The molecular weight excluding hydrogens is 280 g/mol. The van der Waals surface area contributed by atoms with Crippen molar-refractivity contribution in [3.05, 3.63) is 54.1 Å². The van der Waals surface area contributed by atoms with Crippen LogP contribution in [0.5, 0.6) is 11.5 Å². The molecule has 0 aliphatic rings. The van der Waals surface area contributed by atoms with Gasteiger partial charge in [0, 0.05) is 6.04 Å². The molecule has 1 atom stereocenters. The number of rotatable bonds is 6. The molecule has 0 radical (unpaired) electrons. The summed E-state index contributed by atoms with van der Waals surface area (Å²) in [7, 11) is 1.56. The average molecular weight is 300 g/mol. The first-order chi connectivity index (χ1) is 10.6. The molecule has 1 amide bonds. The molecule has 5 nitrogen and oxygen atoms in total. The number of anilines is 1. The summed E-state index contributed by atoms with van der Waals surface area (Å²) in [5.41, 5.74) is 7.42. The monoisotopic (exact) mass is 300 g/mol. The lowest BCUT2D eigenvalue weighted by molar-refractivity contribution is -0.118. The van der Waals surface area contributed by atoms with Crippen molar-refractivity contribution >= 4 is 11.6 Å². The van der Waals surface area contributed by atoms with Gasteiger partial charge in [-0.05, 0) is 36.8 Å². The molecule has 22 heavy (non-hydrogen) atoms. The molecule has 116 valence electrons. The van der Waals surface area contributed by atoms with Gasteiger partial charge in [0.1, 0.15) is 11.5 Å². The van der Waals surface area contributed by atoms with Crippen molar-refractivity contribution in [1.29, 1.82) is 0 Å². The molecule has 0 aliphatic carbocycles. The summed E-state index contributed by atoms with van der Waals surface area (Å²) >= 11 is 0. The van der Waals surface area contributed by atoms with E-state index in [0.29, 0.717) is 17.2 Å². The van der Waals surface area contributed by atoms with Crippen molar-refractivity contribution in [2.45, 2.75) is 13.0 Å². The van der Waals surface area contributed by atoms with Crippen molar-refractivity contribution in [1.82, 2.24) is 0 Å². The average Bonchev–Trinajstić information content (AvgIpc) is 2.54. The molecule has 2 aromatic rings. The van der Waals surface area contributed by atoms with E-state index in [9.17, 15) is 4.79 Å². The number of amides is 1. The summed E-state index contributed by atoms with van der Waals surface area (Å²) in [6.45, 7) is 1.84. The summed E-state index contributed by atoms with van der Waals surface area (Å²) in [4.78, 5) is 11.9. The van der Waals surface area contributed by atoms with E-state index in [1.807, 2.05) is 31.2 Å². The van der Waals surface area contributed by atoms with Gasteiger partial charge >= 0.3 is 0 Å². The number of carbonyl (C=O) groups is 1. The number of hydrogen-bond donors (Lipinski definition) is 2. The van der Waals surface area contributed by atoms with Crippen LogP contribution in [-0.4, -0.2) is 19.6 Å². The fourth-order valence-corrected chi connectivity index (χ4v) is 1.95. The molecule has 2 rings (SSSR count). The maximum atomic E-state index is 11.9. The van der Waals surface area contributed by atoms with Crippen LogP contribution in [0.4, 0.5) is 5.69 Å². The Kier molecular flexibility index (Phi) is 5.38. The first kappa shape index (κ1) is 15.9. The largest absolute Gasteiger partial charge is 0.495 e. The molecule has 0 fully saturated rings. The lowest BCUT2D eigenvalue weighted by Gasteiger charge is -2.11. The van der Waals surface area contributed by atoms with Gasteiger partial charge in [-0.3, -0.25) is 4.79 Å². The Morgan fingerprint density at radius 3 is 2.50 bits per heavy atom. The number of ether oxygens (including phenoxy) is 2. The zero-order chi connectivity index (χ0) is 15.9. The molecule has 0 spiro atoms. The second-order valence-corrected chi connectivity index (χ2v) is 4.89. The minimum Gasteiger partial charge on any atom is -0.495 e. The summed E-state index contributed by atoms with van der Waals surface area (Å²) in [6.07, 6.45) is 0. The Labute approximate surface area is 130 Å². The normalized spacial score (nSPS) is 11.6. The number of nitrogens with two attached hydrogens (primary N) is 1. The van der Waals surface area contributed by atoms with Crippen LogP contribution in [0.3, 0.4) is 0 Å². The number of carbonyl (C=O) groups excluding carboxylic acids is 1. The summed E-state index contributed by atoms with van der Waals surface area (Å²) in [5, 5.41) is 2.75. The summed E-state index contributed by atoms with van der Waals surface area (Å²) in [6, 6.07) is 14.6. The fourth-order valence-electron chi connectivity index (χ4n) is 1.95. The molecule has 0 aliphatic heterocycles. The number of methoxy groups -OCH3 is 1. The van der Waals surface area contributed by atoms with E-state index < -0.39 is 0 Å². The van der Waals surface area contributed by atoms with Crippen LogP contribution in [0.2, 0.25) is 0 Å². The second kappa shape index (κ2) is 7.47. The van der Waals surface area contributed by atoms with Gasteiger partial charge < -0.3 is 20.5 Å². The molecule has 1 unspecified atom stereocenters. The van der Waals surface area contributed by atoms with Crippen molar-refractivity contribution < 1.29 is 14.3 Å². The lowest BCUT2D eigenvalue weighted by Crippen LogP contribution is -2.20. The first-order valence-corrected chi connectivity index (χ1v) is 7.01. The smallest absolute Gasteiger partial charge is 0.262 e. The van der Waals surface area contributed by atoms with Gasteiger partial charge in [0.05, 0.1) is 12.8 Å². The van der Waals surface area contributed by atoms with Crippen LogP contribution < -0.4 is 20.5 Å². The van der Waals surface area contributed by atoms with Gasteiger partial charge in [-0.1, -0.05) is 24.3 Å². The van der Waals surface area contributed by atoms with Gasteiger partial charge in [-0.15, -0.1) is 0 Å².